The van der Waals surface area contributed by atoms with Crippen molar-refractivity contribution in [2.45, 2.75) is 138 Å². The van der Waals surface area contributed by atoms with Crippen molar-refractivity contribution in [1.82, 2.24) is 25.5 Å². The lowest BCUT2D eigenvalue weighted by molar-refractivity contribution is -0.252. The zero-order valence-electron chi connectivity index (χ0n) is 32.3. The van der Waals surface area contributed by atoms with Gasteiger partial charge in [-0.2, -0.15) is 4.80 Å². The quantitative estimate of drug-likeness (QED) is 0.155. The molecule has 2 unspecified atom stereocenters. The number of nitrogens with one attached hydrogen (secondary N) is 1. The van der Waals surface area contributed by atoms with Gasteiger partial charge in [-0.1, -0.05) is 78.6 Å². The molecule has 2 saturated heterocycles. The van der Waals surface area contributed by atoms with Gasteiger partial charge in [0.1, 0.15) is 6.04 Å². The predicted octanol–water partition coefficient (Wildman–Crippen LogP) is 6.78. The molecule has 7 rings (SSSR count). The zero-order valence-corrected chi connectivity index (χ0v) is 32.3. The van der Waals surface area contributed by atoms with E-state index in [1.165, 1.54) is 6.42 Å². The minimum atomic E-state index is -0.223. The Balaban J connectivity index is 1.29. The van der Waals surface area contributed by atoms with Crippen molar-refractivity contribution in [2.24, 2.45) is 56.7 Å². The number of nitrogens with zero attached hydrogens (tertiary/aromatic N) is 4. The molecule has 3 saturated carbocycles. The average molecular weight is 695 g/mol. The third-order valence-electron chi connectivity index (χ3n) is 16.2. The van der Waals surface area contributed by atoms with Crippen LogP contribution in [0.15, 0.2) is 11.6 Å². The maximum Gasteiger partial charge on any atom is 0.310 e. The molecule has 0 radical (unpaired) electrons. The highest BCUT2D eigenvalue weighted by Gasteiger charge is 2.72. The first-order valence-corrected chi connectivity index (χ1v) is 20.1. The summed E-state index contributed by atoms with van der Waals surface area (Å²) in [6.45, 7) is 22.6. The standard InChI is InChI=1S/C40H66N6O4/c1-9-10-20-49-34(47)32-36(5,26(4)25(2)3)17-18-38(7)28-13-14-31-37(6)23-48-24-40(31,29(28)15-16-39(32,38)8)21-30(46-44-35(41)43-45-46)33(37)50-22-27-12-11-19-42-27/h15,25-28,30-33,42H,9-14,16-24H2,1-8H3,(H2,41,44)/t26-,27?,28+,30-,31+,32-,33+,36-,37+,38-,39+,40?/m1/s1. The van der Waals surface area contributed by atoms with E-state index in [-0.39, 0.29) is 57.1 Å². The highest BCUT2D eigenvalue weighted by Crippen LogP contribution is 2.75. The second-order valence-electron chi connectivity index (χ2n) is 18.8. The van der Waals surface area contributed by atoms with E-state index in [0.717, 1.165) is 64.3 Å². The predicted molar refractivity (Wildman–Crippen MR) is 194 cm³/mol. The Kier molecular flexibility index (Phi) is 9.53. The lowest BCUT2D eigenvalue weighted by Gasteiger charge is -2.71. The van der Waals surface area contributed by atoms with Gasteiger partial charge in [0, 0.05) is 16.9 Å². The highest BCUT2D eigenvalue weighted by molar-refractivity contribution is 5.75. The highest BCUT2D eigenvalue weighted by atomic mass is 16.5. The van der Waals surface area contributed by atoms with Crippen molar-refractivity contribution in [3.63, 3.8) is 0 Å². The molecule has 5 fully saturated rings. The van der Waals surface area contributed by atoms with Gasteiger partial charge in [0.2, 0.25) is 0 Å². The van der Waals surface area contributed by atoms with E-state index in [0.29, 0.717) is 56.1 Å². The molecular weight excluding hydrogens is 628 g/mol. The van der Waals surface area contributed by atoms with Gasteiger partial charge in [0.15, 0.2) is 0 Å². The Morgan fingerprint density at radius 3 is 2.60 bits per heavy atom. The number of nitrogens with two attached hydrogens (primary N) is 1. The first kappa shape index (κ1) is 36.3. The van der Waals surface area contributed by atoms with Crippen molar-refractivity contribution < 1.29 is 19.0 Å². The van der Waals surface area contributed by atoms with Crippen molar-refractivity contribution in [3.8, 4) is 0 Å². The van der Waals surface area contributed by atoms with Crippen LogP contribution in [0.3, 0.4) is 0 Å². The van der Waals surface area contributed by atoms with E-state index in [4.69, 9.17) is 19.9 Å². The molecule has 2 aliphatic heterocycles. The summed E-state index contributed by atoms with van der Waals surface area (Å²) in [5.74, 6) is 1.74. The number of tetrazole rings is 1. The Labute approximate surface area is 300 Å². The largest absolute Gasteiger partial charge is 0.465 e. The van der Waals surface area contributed by atoms with Gasteiger partial charge in [-0.3, -0.25) is 4.79 Å². The zero-order chi connectivity index (χ0) is 35.7. The third kappa shape index (κ3) is 5.34. The van der Waals surface area contributed by atoms with Crippen LogP contribution in [0.5, 0.6) is 0 Å². The Morgan fingerprint density at radius 1 is 1.12 bits per heavy atom. The summed E-state index contributed by atoms with van der Waals surface area (Å²) in [6, 6.07) is 0.269. The number of rotatable bonds is 10. The number of unbranched alkanes of at least 4 members (excludes halogenated alkanes) is 1. The van der Waals surface area contributed by atoms with Crippen LogP contribution < -0.4 is 11.1 Å². The van der Waals surface area contributed by atoms with Crippen molar-refractivity contribution in [3.05, 3.63) is 11.6 Å². The SMILES string of the molecule is CCCCOC(=O)[C@@H]1[C@@](C)([C@H](C)C(C)C)CC[C@]2(C)[C@H]3CC[C@@H]4C5(COC[C@]4(C)[C@@H](OCC4CCCN4)[C@H](n4nnc(N)n4)C5)C3=CC[C@@]12C. The molecule has 3 N–H and O–H groups in total. The van der Waals surface area contributed by atoms with E-state index in [9.17, 15) is 4.79 Å². The fourth-order valence-electron chi connectivity index (χ4n) is 13.0. The number of hydrogen-bond acceptors (Lipinski definition) is 9. The number of carbonyl (C=O) groups is 1. The van der Waals surface area contributed by atoms with Crippen LogP contribution in [-0.4, -0.2) is 71.3 Å². The molecule has 280 valence electrons. The van der Waals surface area contributed by atoms with Gasteiger partial charge in [-0.25, -0.2) is 0 Å². The van der Waals surface area contributed by atoms with E-state index < -0.39 is 0 Å². The summed E-state index contributed by atoms with van der Waals surface area (Å²) < 4.78 is 19.9. The number of carbonyl (C=O) groups excluding carboxylic acids is 1. The van der Waals surface area contributed by atoms with Gasteiger partial charge in [-0.15, -0.1) is 5.10 Å². The van der Waals surface area contributed by atoms with Crippen LogP contribution in [0.25, 0.3) is 0 Å². The lowest BCUT2D eigenvalue weighted by atomic mass is 9.34. The van der Waals surface area contributed by atoms with Gasteiger partial charge in [0.05, 0.1) is 38.4 Å². The summed E-state index contributed by atoms with van der Waals surface area (Å²) >= 11 is 0. The molecule has 1 aromatic heterocycles. The molecule has 2 bridgehead atoms. The molecule has 10 heteroatoms. The molecule has 3 heterocycles. The molecule has 12 atom stereocenters. The van der Waals surface area contributed by atoms with E-state index in [1.807, 2.05) is 0 Å². The number of anilines is 1. The van der Waals surface area contributed by atoms with Gasteiger partial charge >= 0.3 is 5.97 Å². The van der Waals surface area contributed by atoms with E-state index >= 15 is 0 Å². The fraction of sp³-hybridized carbons (Fsp3) is 0.900. The molecule has 10 nitrogen and oxygen atoms in total. The van der Waals surface area contributed by atoms with Crippen LogP contribution in [0, 0.1) is 56.7 Å². The second-order valence-corrected chi connectivity index (χ2v) is 18.8. The second kappa shape index (κ2) is 13.1. The van der Waals surface area contributed by atoms with Gasteiger partial charge < -0.3 is 25.3 Å². The Morgan fingerprint density at radius 2 is 1.92 bits per heavy atom. The minimum Gasteiger partial charge on any atom is -0.465 e. The van der Waals surface area contributed by atoms with Crippen LogP contribution in [0.2, 0.25) is 0 Å². The van der Waals surface area contributed by atoms with E-state index in [2.05, 4.69) is 82.2 Å². The molecule has 1 aromatic rings. The van der Waals surface area contributed by atoms with Gasteiger partial charge in [0.25, 0.3) is 5.95 Å². The summed E-state index contributed by atoms with van der Waals surface area (Å²) in [5, 5.41) is 16.9. The van der Waals surface area contributed by atoms with Crippen molar-refractivity contribution in [1.29, 1.82) is 0 Å². The maximum atomic E-state index is 14.5. The smallest absolute Gasteiger partial charge is 0.310 e. The summed E-state index contributed by atoms with van der Waals surface area (Å²) in [5.41, 5.74) is 6.87. The van der Waals surface area contributed by atoms with Gasteiger partial charge in [-0.05, 0) is 109 Å². The molecule has 6 aliphatic rings. The summed E-state index contributed by atoms with van der Waals surface area (Å²) in [4.78, 5) is 16.3. The monoisotopic (exact) mass is 695 g/mol. The third-order valence-corrected chi connectivity index (χ3v) is 16.2. The molecule has 0 amide bonds. The summed E-state index contributed by atoms with van der Waals surface area (Å²) in [6.07, 6.45) is 12.9. The first-order valence-electron chi connectivity index (χ1n) is 20.1. The number of allylic oxidation sites excluding steroid dienone is 1. The fourth-order valence-corrected chi connectivity index (χ4v) is 13.0. The Bertz CT molecular complexity index is 1440. The number of fused-ring (bicyclic) bond motifs is 3. The number of aromatic nitrogens is 4. The van der Waals surface area contributed by atoms with Crippen molar-refractivity contribution in [2.75, 3.05) is 38.7 Å². The van der Waals surface area contributed by atoms with Crippen LogP contribution in [0.1, 0.15) is 126 Å². The molecule has 50 heavy (non-hydrogen) atoms. The van der Waals surface area contributed by atoms with Crippen LogP contribution in [0.4, 0.5) is 5.95 Å². The lowest BCUT2D eigenvalue weighted by Crippen LogP contribution is -2.69. The topological polar surface area (TPSA) is 126 Å². The molecule has 0 aromatic carbocycles. The average Bonchev–Trinajstić information content (AvgIpc) is 3.76. The molecule has 4 aliphatic carbocycles. The minimum absolute atomic E-state index is 0.0310. The molecule has 0 spiro atoms. The van der Waals surface area contributed by atoms with Crippen LogP contribution in [-0.2, 0) is 19.0 Å². The van der Waals surface area contributed by atoms with E-state index in [1.54, 1.807) is 10.4 Å². The number of nitrogen functional groups attached to an aromatic ring is 1. The summed E-state index contributed by atoms with van der Waals surface area (Å²) in [7, 11) is 0. The number of esters is 1. The number of hydrogen-bond donors (Lipinski definition) is 2. The first-order chi connectivity index (χ1) is 23.7. The Hall–Kier alpha value is -2.04. The van der Waals surface area contributed by atoms with Crippen molar-refractivity contribution >= 4 is 11.9 Å². The molecular formula is C40H66N6O4. The number of ether oxygens (including phenoxy) is 3. The van der Waals surface area contributed by atoms with Crippen LogP contribution >= 0.6 is 0 Å². The maximum absolute atomic E-state index is 14.5. The normalized spacial score (nSPS) is 44.5.